The van der Waals surface area contributed by atoms with Crippen LogP contribution in [0.5, 0.6) is 11.5 Å². The van der Waals surface area contributed by atoms with Gasteiger partial charge in [0.25, 0.3) is 0 Å². The lowest BCUT2D eigenvalue weighted by atomic mass is 10.2. The van der Waals surface area contributed by atoms with Gasteiger partial charge in [-0.05, 0) is 48.0 Å². The summed E-state index contributed by atoms with van der Waals surface area (Å²) in [7, 11) is -2.46. The molecule has 1 fully saturated rings. The van der Waals surface area contributed by atoms with Crippen molar-refractivity contribution in [2.45, 2.75) is 11.1 Å². The number of carbonyl (C=O) groups is 1. The number of alkyl halides is 3. The summed E-state index contributed by atoms with van der Waals surface area (Å²) in [5.41, 5.74) is -0.208. The molecule has 11 heteroatoms. The lowest BCUT2D eigenvalue weighted by Gasteiger charge is -2.33. The molecule has 0 N–H and O–H groups in total. The predicted octanol–water partition coefficient (Wildman–Crippen LogP) is 3.83. The molecule has 0 saturated carbocycles. The van der Waals surface area contributed by atoms with Crippen molar-refractivity contribution in [3.05, 3.63) is 72.3 Å². The minimum absolute atomic E-state index is 0.0338. The molecular weight excluding hydrogens is 485 g/mol. The van der Waals surface area contributed by atoms with Crippen molar-refractivity contribution in [1.29, 1.82) is 0 Å². The van der Waals surface area contributed by atoms with Crippen molar-refractivity contribution in [1.82, 2.24) is 9.21 Å². The third-order valence-electron chi connectivity index (χ3n) is 5.33. The number of halogens is 3. The first-order valence-corrected chi connectivity index (χ1v) is 12.1. The second kappa shape index (κ2) is 11.0. The molecule has 3 rings (SSSR count). The summed E-state index contributed by atoms with van der Waals surface area (Å²) >= 11 is 0. The molecule has 0 atom stereocenters. The number of hydrogen-bond acceptors (Lipinski definition) is 5. The normalized spacial score (nSPS) is 15.3. The van der Waals surface area contributed by atoms with Gasteiger partial charge in [-0.2, -0.15) is 17.5 Å². The van der Waals surface area contributed by atoms with Crippen molar-refractivity contribution < 1.29 is 35.9 Å². The number of hydrogen-bond donors (Lipinski definition) is 0. The quantitative estimate of drug-likeness (QED) is 0.399. The summed E-state index contributed by atoms with van der Waals surface area (Å²) in [5.74, 6) is 0.757. The maximum absolute atomic E-state index is 12.8. The Morgan fingerprint density at radius 3 is 2.29 bits per heavy atom. The zero-order valence-electron chi connectivity index (χ0n) is 19.0. The Morgan fingerprint density at radius 2 is 1.71 bits per heavy atom. The molecular formula is C24H25F3N2O5S. The van der Waals surface area contributed by atoms with E-state index in [2.05, 4.69) is 6.58 Å². The van der Waals surface area contributed by atoms with E-state index < -0.39 is 21.8 Å². The fourth-order valence-corrected chi connectivity index (χ4v) is 4.86. The molecule has 0 aromatic heterocycles. The third kappa shape index (κ3) is 6.43. The number of piperazine rings is 1. The van der Waals surface area contributed by atoms with Crippen LogP contribution in [0.15, 0.2) is 66.1 Å². The fourth-order valence-electron chi connectivity index (χ4n) is 3.44. The standard InChI is InChI=1S/C24H25F3N2O5S/c1-3-16-34-21-10-4-18(17-22(21)33-2)5-11-23(30)28-12-14-29(15-13-28)35(31,32)20-8-6-19(7-9-20)24(25,26)27/h3-11,17H,1,12-16H2,2H3/b11-5+. The second-order valence-corrected chi connectivity index (χ2v) is 9.53. The molecule has 1 amide bonds. The molecule has 2 aromatic carbocycles. The van der Waals surface area contributed by atoms with Gasteiger partial charge in [0.05, 0.1) is 17.6 Å². The Kier molecular flexibility index (Phi) is 8.23. The minimum Gasteiger partial charge on any atom is -0.493 e. The van der Waals surface area contributed by atoms with E-state index in [9.17, 15) is 26.4 Å². The number of amides is 1. The summed E-state index contributed by atoms with van der Waals surface area (Å²) < 4.78 is 75.8. The van der Waals surface area contributed by atoms with Crippen LogP contribution in [0, 0.1) is 0 Å². The summed E-state index contributed by atoms with van der Waals surface area (Å²) in [5, 5.41) is 0. The Hall–Kier alpha value is -3.31. The third-order valence-corrected chi connectivity index (χ3v) is 7.25. The highest BCUT2D eigenvalue weighted by Gasteiger charge is 2.33. The predicted molar refractivity (Wildman–Crippen MR) is 125 cm³/mol. The average molecular weight is 511 g/mol. The summed E-state index contributed by atoms with van der Waals surface area (Å²) in [4.78, 5) is 13.9. The highest BCUT2D eigenvalue weighted by Crippen LogP contribution is 2.31. The molecule has 1 heterocycles. The Morgan fingerprint density at radius 1 is 1.06 bits per heavy atom. The largest absolute Gasteiger partial charge is 0.493 e. The van der Waals surface area contributed by atoms with Gasteiger partial charge >= 0.3 is 6.18 Å². The van der Waals surface area contributed by atoms with Gasteiger partial charge < -0.3 is 14.4 Å². The molecule has 188 valence electrons. The molecule has 7 nitrogen and oxygen atoms in total. The first kappa shape index (κ1) is 26.3. The van der Waals surface area contributed by atoms with Gasteiger partial charge in [0.15, 0.2) is 11.5 Å². The van der Waals surface area contributed by atoms with E-state index in [1.807, 2.05) is 0 Å². The highest BCUT2D eigenvalue weighted by molar-refractivity contribution is 7.89. The van der Waals surface area contributed by atoms with E-state index in [0.29, 0.717) is 23.7 Å². The summed E-state index contributed by atoms with van der Waals surface area (Å²) in [6, 6.07) is 8.57. The molecule has 0 bridgehead atoms. The van der Waals surface area contributed by atoms with Gasteiger partial charge in [-0.15, -0.1) is 0 Å². The maximum Gasteiger partial charge on any atom is 0.416 e. The van der Waals surface area contributed by atoms with E-state index in [0.717, 1.165) is 28.6 Å². The van der Waals surface area contributed by atoms with E-state index in [1.54, 1.807) is 30.4 Å². The van der Waals surface area contributed by atoms with Gasteiger partial charge in [-0.1, -0.05) is 18.7 Å². The van der Waals surface area contributed by atoms with Gasteiger partial charge in [0, 0.05) is 32.3 Å². The lowest BCUT2D eigenvalue weighted by molar-refractivity contribution is -0.137. The van der Waals surface area contributed by atoms with Crippen molar-refractivity contribution >= 4 is 22.0 Å². The Balaban J connectivity index is 1.60. The molecule has 2 aromatic rings. The van der Waals surface area contributed by atoms with Gasteiger partial charge in [-0.25, -0.2) is 8.42 Å². The Bertz CT molecular complexity index is 1190. The van der Waals surface area contributed by atoms with Gasteiger partial charge in [-0.3, -0.25) is 4.79 Å². The molecule has 0 radical (unpaired) electrons. The molecule has 0 unspecified atom stereocenters. The maximum atomic E-state index is 12.8. The lowest BCUT2D eigenvalue weighted by Crippen LogP contribution is -2.50. The van der Waals surface area contributed by atoms with Gasteiger partial charge in [0.2, 0.25) is 15.9 Å². The van der Waals surface area contributed by atoms with E-state index in [-0.39, 0.29) is 37.0 Å². The van der Waals surface area contributed by atoms with Crippen LogP contribution in [-0.2, 0) is 21.0 Å². The number of nitrogens with zero attached hydrogens (tertiary/aromatic N) is 2. The van der Waals surface area contributed by atoms with Crippen LogP contribution in [0.3, 0.4) is 0 Å². The molecule has 0 spiro atoms. The summed E-state index contributed by atoms with van der Waals surface area (Å²) in [6.45, 7) is 4.29. The fraction of sp³-hybridized carbons (Fsp3) is 0.292. The molecule has 1 aliphatic rings. The number of benzene rings is 2. The smallest absolute Gasteiger partial charge is 0.416 e. The van der Waals surface area contributed by atoms with Gasteiger partial charge in [0.1, 0.15) is 6.61 Å². The number of sulfonamides is 1. The van der Waals surface area contributed by atoms with Crippen LogP contribution < -0.4 is 9.47 Å². The average Bonchev–Trinajstić information content (AvgIpc) is 2.85. The SMILES string of the molecule is C=CCOc1ccc(/C=C/C(=O)N2CCN(S(=O)(=O)c3ccc(C(F)(F)F)cc3)CC2)cc1OC. The molecule has 1 aliphatic heterocycles. The minimum atomic E-state index is -4.55. The zero-order valence-corrected chi connectivity index (χ0v) is 19.8. The summed E-state index contributed by atoms with van der Waals surface area (Å²) in [6.07, 6.45) is 0.0706. The molecule has 35 heavy (non-hydrogen) atoms. The number of methoxy groups -OCH3 is 1. The van der Waals surface area contributed by atoms with Crippen molar-refractivity contribution in [3.8, 4) is 11.5 Å². The van der Waals surface area contributed by atoms with Crippen LogP contribution >= 0.6 is 0 Å². The Labute approximate surface area is 202 Å². The van der Waals surface area contributed by atoms with Crippen LogP contribution in [0.1, 0.15) is 11.1 Å². The van der Waals surface area contributed by atoms with E-state index >= 15 is 0 Å². The van der Waals surface area contributed by atoms with Crippen molar-refractivity contribution in [2.75, 3.05) is 39.9 Å². The van der Waals surface area contributed by atoms with E-state index in [1.165, 1.54) is 18.1 Å². The van der Waals surface area contributed by atoms with E-state index in [4.69, 9.17) is 9.47 Å². The van der Waals surface area contributed by atoms with Crippen molar-refractivity contribution in [2.24, 2.45) is 0 Å². The van der Waals surface area contributed by atoms with Crippen LogP contribution in [0.4, 0.5) is 13.2 Å². The monoisotopic (exact) mass is 510 g/mol. The first-order chi connectivity index (χ1) is 16.6. The zero-order chi connectivity index (χ0) is 25.6. The van der Waals surface area contributed by atoms with Crippen LogP contribution in [0.2, 0.25) is 0 Å². The second-order valence-electron chi connectivity index (χ2n) is 7.59. The topological polar surface area (TPSA) is 76.2 Å². The highest BCUT2D eigenvalue weighted by atomic mass is 32.2. The van der Waals surface area contributed by atoms with Crippen LogP contribution in [-0.4, -0.2) is 63.4 Å². The number of rotatable bonds is 8. The van der Waals surface area contributed by atoms with Crippen molar-refractivity contribution in [3.63, 3.8) is 0 Å². The first-order valence-electron chi connectivity index (χ1n) is 10.6. The molecule has 1 saturated heterocycles. The number of ether oxygens (including phenoxy) is 2. The number of carbonyl (C=O) groups excluding carboxylic acids is 1. The molecule has 0 aliphatic carbocycles. The van der Waals surface area contributed by atoms with Crippen LogP contribution in [0.25, 0.3) is 6.08 Å².